The van der Waals surface area contributed by atoms with Crippen LogP contribution in [0.25, 0.3) is 0 Å². The maximum Gasteiger partial charge on any atom is 0.0994 e. The molecule has 5 nitrogen and oxygen atoms in total. The predicted octanol–water partition coefficient (Wildman–Crippen LogP) is -0.115. The van der Waals surface area contributed by atoms with Crippen molar-refractivity contribution in [2.75, 3.05) is 13.7 Å². The van der Waals surface area contributed by atoms with Gasteiger partial charge in [-0.15, -0.1) is 5.10 Å². The summed E-state index contributed by atoms with van der Waals surface area (Å²) in [4.78, 5) is 0. The number of rotatable bonds is 4. The predicted molar refractivity (Wildman–Crippen MR) is 42.5 cm³/mol. The van der Waals surface area contributed by atoms with Crippen LogP contribution in [0.5, 0.6) is 0 Å². The fraction of sp³-hybridized carbons (Fsp3) is 0.714. The average molecular weight is 171 g/mol. The molecule has 1 unspecified atom stereocenters. The Hall–Kier alpha value is -0.940. The number of aromatic nitrogens is 3. The van der Waals surface area contributed by atoms with Crippen LogP contribution in [0, 0.1) is 0 Å². The van der Waals surface area contributed by atoms with Gasteiger partial charge in [-0.25, -0.2) is 4.68 Å². The van der Waals surface area contributed by atoms with Crippen LogP contribution in [-0.2, 0) is 11.8 Å². The molecule has 0 aromatic carbocycles. The third-order valence-corrected chi connectivity index (χ3v) is 1.69. The SMILES string of the molecule is COCCC(O)c1cnnn1C. The Balaban J connectivity index is 2.52. The van der Waals surface area contributed by atoms with Gasteiger partial charge in [0.15, 0.2) is 0 Å². The number of aliphatic hydroxyl groups excluding tert-OH is 1. The lowest BCUT2D eigenvalue weighted by molar-refractivity contribution is 0.105. The Bertz CT molecular complexity index is 236. The van der Waals surface area contributed by atoms with E-state index in [1.807, 2.05) is 0 Å². The standard InChI is InChI=1S/C7H13N3O2/c1-10-6(5-8-9-10)7(11)3-4-12-2/h5,7,11H,3-4H2,1-2H3. The largest absolute Gasteiger partial charge is 0.387 e. The molecule has 0 amide bonds. The van der Waals surface area contributed by atoms with Gasteiger partial charge in [0.25, 0.3) is 0 Å². The van der Waals surface area contributed by atoms with Crippen molar-refractivity contribution in [2.45, 2.75) is 12.5 Å². The molecule has 0 spiro atoms. The van der Waals surface area contributed by atoms with Gasteiger partial charge in [-0.3, -0.25) is 0 Å². The molecule has 0 radical (unpaired) electrons. The van der Waals surface area contributed by atoms with E-state index in [0.29, 0.717) is 18.7 Å². The highest BCUT2D eigenvalue weighted by atomic mass is 16.5. The summed E-state index contributed by atoms with van der Waals surface area (Å²) in [5.74, 6) is 0. The van der Waals surface area contributed by atoms with Crippen molar-refractivity contribution >= 4 is 0 Å². The summed E-state index contributed by atoms with van der Waals surface area (Å²) in [6.07, 6.45) is 1.59. The number of nitrogens with zero attached hydrogens (tertiary/aromatic N) is 3. The van der Waals surface area contributed by atoms with Crippen LogP contribution in [0.15, 0.2) is 6.20 Å². The minimum atomic E-state index is -0.537. The molecule has 1 atom stereocenters. The monoisotopic (exact) mass is 171 g/mol. The first kappa shape index (κ1) is 9.15. The Morgan fingerprint density at radius 3 is 3.00 bits per heavy atom. The highest BCUT2D eigenvalue weighted by Crippen LogP contribution is 2.13. The zero-order valence-electron chi connectivity index (χ0n) is 7.27. The maximum atomic E-state index is 9.54. The van der Waals surface area contributed by atoms with Crippen LogP contribution < -0.4 is 0 Å². The molecule has 0 aliphatic carbocycles. The van der Waals surface area contributed by atoms with Gasteiger partial charge in [-0.1, -0.05) is 5.21 Å². The second-order valence-electron chi connectivity index (χ2n) is 2.58. The molecular formula is C7H13N3O2. The summed E-state index contributed by atoms with van der Waals surface area (Å²) in [5, 5.41) is 16.9. The van der Waals surface area contributed by atoms with Crippen molar-refractivity contribution < 1.29 is 9.84 Å². The van der Waals surface area contributed by atoms with E-state index in [9.17, 15) is 5.11 Å². The topological polar surface area (TPSA) is 60.2 Å². The van der Waals surface area contributed by atoms with Gasteiger partial charge in [-0.05, 0) is 0 Å². The summed E-state index contributed by atoms with van der Waals surface area (Å²) >= 11 is 0. The number of hydrogen-bond acceptors (Lipinski definition) is 4. The Labute approximate surface area is 71.0 Å². The number of hydrogen-bond donors (Lipinski definition) is 1. The summed E-state index contributed by atoms with van der Waals surface area (Å²) in [5.41, 5.74) is 0.715. The lowest BCUT2D eigenvalue weighted by Crippen LogP contribution is -2.07. The molecule has 1 heterocycles. The quantitative estimate of drug-likeness (QED) is 0.686. The minimum absolute atomic E-state index is 0.534. The van der Waals surface area contributed by atoms with E-state index in [1.165, 1.54) is 0 Å². The molecule has 0 bridgehead atoms. The Morgan fingerprint density at radius 1 is 1.75 bits per heavy atom. The molecular weight excluding hydrogens is 158 g/mol. The average Bonchev–Trinajstić information content (AvgIpc) is 2.47. The second kappa shape index (κ2) is 4.18. The first-order valence-electron chi connectivity index (χ1n) is 3.77. The van der Waals surface area contributed by atoms with E-state index in [-0.39, 0.29) is 0 Å². The van der Waals surface area contributed by atoms with Crippen molar-refractivity contribution in [3.05, 3.63) is 11.9 Å². The first-order valence-corrected chi connectivity index (χ1v) is 3.77. The molecule has 0 saturated carbocycles. The van der Waals surface area contributed by atoms with E-state index < -0.39 is 6.10 Å². The highest BCUT2D eigenvalue weighted by molar-refractivity contribution is 4.97. The van der Waals surface area contributed by atoms with Gasteiger partial charge >= 0.3 is 0 Å². The van der Waals surface area contributed by atoms with Gasteiger partial charge < -0.3 is 9.84 Å². The second-order valence-corrected chi connectivity index (χ2v) is 2.58. The van der Waals surface area contributed by atoms with Crippen molar-refractivity contribution in [2.24, 2.45) is 7.05 Å². The van der Waals surface area contributed by atoms with Crippen molar-refractivity contribution in [3.63, 3.8) is 0 Å². The van der Waals surface area contributed by atoms with Gasteiger partial charge in [0.05, 0.1) is 18.0 Å². The number of methoxy groups -OCH3 is 1. The Morgan fingerprint density at radius 2 is 2.50 bits per heavy atom. The molecule has 68 valence electrons. The van der Waals surface area contributed by atoms with Crippen LogP contribution in [-0.4, -0.2) is 33.8 Å². The van der Waals surface area contributed by atoms with E-state index >= 15 is 0 Å². The molecule has 1 N–H and O–H groups in total. The molecule has 0 aliphatic heterocycles. The molecule has 0 aliphatic rings. The fourth-order valence-electron chi connectivity index (χ4n) is 0.977. The van der Waals surface area contributed by atoms with E-state index in [2.05, 4.69) is 10.3 Å². The number of aryl methyl sites for hydroxylation is 1. The third-order valence-electron chi connectivity index (χ3n) is 1.69. The zero-order valence-corrected chi connectivity index (χ0v) is 7.27. The van der Waals surface area contributed by atoms with E-state index in [1.54, 1.807) is 25.0 Å². The van der Waals surface area contributed by atoms with Gasteiger partial charge in [0, 0.05) is 27.2 Å². The van der Waals surface area contributed by atoms with Gasteiger partial charge in [0.1, 0.15) is 0 Å². The third kappa shape index (κ3) is 2.02. The normalized spacial score (nSPS) is 13.2. The van der Waals surface area contributed by atoms with Crippen LogP contribution in [0.1, 0.15) is 18.2 Å². The van der Waals surface area contributed by atoms with Crippen LogP contribution in [0.2, 0.25) is 0 Å². The van der Waals surface area contributed by atoms with Crippen LogP contribution in [0.3, 0.4) is 0 Å². The molecule has 1 rings (SSSR count). The highest BCUT2D eigenvalue weighted by Gasteiger charge is 2.11. The molecule has 12 heavy (non-hydrogen) atoms. The summed E-state index contributed by atoms with van der Waals surface area (Å²) in [6, 6.07) is 0. The van der Waals surface area contributed by atoms with Crippen LogP contribution >= 0.6 is 0 Å². The summed E-state index contributed by atoms with van der Waals surface area (Å²) in [7, 11) is 3.35. The smallest absolute Gasteiger partial charge is 0.0994 e. The zero-order chi connectivity index (χ0) is 8.97. The van der Waals surface area contributed by atoms with Gasteiger partial charge in [-0.2, -0.15) is 0 Å². The minimum Gasteiger partial charge on any atom is -0.387 e. The molecule has 1 aromatic rings. The van der Waals surface area contributed by atoms with E-state index in [4.69, 9.17) is 4.74 Å². The van der Waals surface area contributed by atoms with Gasteiger partial charge in [0.2, 0.25) is 0 Å². The fourth-order valence-corrected chi connectivity index (χ4v) is 0.977. The molecule has 0 saturated heterocycles. The summed E-state index contributed by atoms with van der Waals surface area (Å²) in [6.45, 7) is 0.534. The first-order chi connectivity index (χ1) is 5.75. The lowest BCUT2D eigenvalue weighted by atomic mass is 10.2. The molecule has 5 heteroatoms. The Kier molecular flexibility index (Phi) is 3.19. The lowest BCUT2D eigenvalue weighted by Gasteiger charge is -2.08. The molecule has 0 fully saturated rings. The van der Waals surface area contributed by atoms with Crippen molar-refractivity contribution in [1.82, 2.24) is 15.0 Å². The summed E-state index contributed by atoms with van der Waals surface area (Å²) < 4.78 is 6.40. The van der Waals surface area contributed by atoms with E-state index in [0.717, 1.165) is 0 Å². The number of ether oxygens (including phenoxy) is 1. The maximum absolute atomic E-state index is 9.54. The van der Waals surface area contributed by atoms with Crippen LogP contribution in [0.4, 0.5) is 0 Å². The van der Waals surface area contributed by atoms with Crippen molar-refractivity contribution in [1.29, 1.82) is 0 Å². The number of aliphatic hydroxyl groups is 1. The van der Waals surface area contributed by atoms with Crippen molar-refractivity contribution in [3.8, 4) is 0 Å². The molecule has 1 aromatic heterocycles.